The van der Waals surface area contributed by atoms with E-state index in [2.05, 4.69) is 16.9 Å². The van der Waals surface area contributed by atoms with Crippen molar-refractivity contribution in [1.82, 2.24) is 10.6 Å². The maximum atomic E-state index is 5.37. The molecule has 0 heterocycles. The molecule has 2 aliphatic carbocycles. The van der Waals surface area contributed by atoms with Gasteiger partial charge in [0.05, 0.1) is 0 Å². The highest BCUT2D eigenvalue weighted by atomic mass is 32.2. The summed E-state index contributed by atoms with van der Waals surface area (Å²) in [7, 11) is 0. The SMILES string of the molecule is CSC1CCC(NC(=S)NC2CCCC2)C1. The van der Waals surface area contributed by atoms with Crippen LogP contribution in [0.3, 0.4) is 0 Å². The molecule has 92 valence electrons. The van der Waals surface area contributed by atoms with E-state index in [4.69, 9.17) is 12.2 Å². The first kappa shape index (κ1) is 12.5. The third-order valence-corrected chi connectivity index (χ3v) is 5.07. The smallest absolute Gasteiger partial charge is 0.166 e. The van der Waals surface area contributed by atoms with Crippen molar-refractivity contribution >= 4 is 29.1 Å². The zero-order valence-electron chi connectivity index (χ0n) is 10.00. The van der Waals surface area contributed by atoms with Gasteiger partial charge in [-0.2, -0.15) is 11.8 Å². The highest BCUT2D eigenvalue weighted by molar-refractivity contribution is 7.99. The van der Waals surface area contributed by atoms with Crippen molar-refractivity contribution in [3.8, 4) is 0 Å². The van der Waals surface area contributed by atoms with Gasteiger partial charge in [-0.25, -0.2) is 0 Å². The fourth-order valence-corrected chi connectivity index (χ4v) is 3.90. The molecule has 0 aliphatic heterocycles. The molecule has 0 radical (unpaired) electrons. The minimum absolute atomic E-state index is 0.610. The molecule has 2 fully saturated rings. The molecule has 0 amide bonds. The van der Waals surface area contributed by atoms with Crippen LogP contribution in [0.25, 0.3) is 0 Å². The van der Waals surface area contributed by atoms with E-state index < -0.39 is 0 Å². The molecule has 2 atom stereocenters. The normalized spacial score (nSPS) is 30.6. The Hall–Kier alpha value is 0.0400. The molecular weight excluding hydrogens is 236 g/mol. The molecule has 0 saturated heterocycles. The minimum Gasteiger partial charge on any atom is -0.360 e. The Kier molecular flexibility index (Phi) is 4.77. The standard InChI is InChI=1S/C12H22N2S2/c1-16-11-7-6-10(8-11)14-12(15)13-9-4-2-3-5-9/h9-11H,2-8H2,1H3,(H2,13,14,15). The molecule has 2 N–H and O–H groups in total. The lowest BCUT2D eigenvalue weighted by molar-refractivity contribution is 0.583. The lowest BCUT2D eigenvalue weighted by Crippen LogP contribution is -2.44. The minimum atomic E-state index is 0.610. The van der Waals surface area contributed by atoms with Crippen LogP contribution in [-0.4, -0.2) is 28.7 Å². The summed E-state index contributed by atoms with van der Waals surface area (Å²) in [5, 5.41) is 8.66. The third kappa shape index (κ3) is 3.52. The monoisotopic (exact) mass is 258 g/mol. The molecule has 2 nitrogen and oxygen atoms in total. The number of hydrogen-bond donors (Lipinski definition) is 2. The van der Waals surface area contributed by atoms with Crippen LogP contribution in [0.5, 0.6) is 0 Å². The van der Waals surface area contributed by atoms with Crippen molar-refractivity contribution in [3.63, 3.8) is 0 Å². The highest BCUT2D eigenvalue weighted by Gasteiger charge is 2.25. The molecule has 2 rings (SSSR count). The molecule has 2 unspecified atom stereocenters. The van der Waals surface area contributed by atoms with E-state index in [9.17, 15) is 0 Å². The lowest BCUT2D eigenvalue weighted by Gasteiger charge is -2.19. The van der Waals surface area contributed by atoms with Crippen LogP contribution in [0.15, 0.2) is 0 Å². The number of hydrogen-bond acceptors (Lipinski definition) is 2. The lowest BCUT2D eigenvalue weighted by atomic mass is 10.2. The number of nitrogens with one attached hydrogen (secondary N) is 2. The van der Waals surface area contributed by atoms with Gasteiger partial charge < -0.3 is 10.6 Å². The molecule has 0 bridgehead atoms. The first-order valence-electron chi connectivity index (χ1n) is 6.37. The van der Waals surface area contributed by atoms with Crippen molar-refractivity contribution < 1.29 is 0 Å². The molecule has 0 aromatic carbocycles. The highest BCUT2D eigenvalue weighted by Crippen LogP contribution is 2.28. The molecule has 2 aliphatic rings. The van der Waals surface area contributed by atoms with Crippen molar-refractivity contribution in [2.24, 2.45) is 0 Å². The largest absolute Gasteiger partial charge is 0.360 e. The second-order valence-electron chi connectivity index (χ2n) is 4.97. The van der Waals surface area contributed by atoms with E-state index >= 15 is 0 Å². The molecule has 2 saturated carbocycles. The van der Waals surface area contributed by atoms with E-state index in [0.29, 0.717) is 12.1 Å². The van der Waals surface area contributed by atoms with Crippen LogP contribution in [0.2, 0.25) is 0 Å². The van der Waals surface area contributed by atoms with Gasteiger partial charge in [0, 0.05) is 17.3 Å². The molecule has 0 aromatic rings. The predicted molar refractivity (Wildman–Crippen MR) is 76.1 cm³/mol. The van der Waals surface area contributed by atoms with Crippen molar-refractivity contribution in [2.45, 2.75) is 62.3 Å². The van der Waals surface area contributed by atoms with Gasteiger partial charge in [0.25, 0.3) is 0 Å². The van der Waals surface area contributed by atoms with E-state index in [0.717, 1.165) is 10.4 Å². The summed E-state index contributed by atoms with van der Waals surface area (Å²) in [6.07, 6.45) is 11.4. The number of rotatable bonds is 3. The van der Waals surface area contributed by atoms with Gasteiger partial charge >= 0.3 is 0 Å². The Labute approximate surface area is 108 Å². The average molecular weight is 258 g/mol. The Bertz CT molecular complexity index is 239. The first-order chi connectivity index (χ1) is 7.78. The Morgan fingerprint density at radius 1 is 1.06 bits per heavy atom. The Balaban J connectivity index is 1.67. The van der Waals surface area contributed by atoms with Gasteiger partial charge in [-0.3, -0.25) is 0 Å². The van der Waals surface area contributed by atoms with Crippen molar-refractivity contribution in [1.29, 1.82) is 0 Å². The van der Waals surface area contributed by atoms with Crippen LogP contribution < -0.4 is 10.6 Å². The predicted octanol–water partition coefficient (Wildman–Crippen LogP) is 2.68. The van der Waals surface area contributed by atoms with Gasteiger partial charge in [-0.05, 0) is 50.6 Å². The summed E-state index contributed by atoms with van der Waals surface area (Å²) in [4.78, 5) is 0. The summed E-state index contributed by atoms with van der Waals surface area (Å²) in [6.45, 7) is 0. The van der Waals surface area contributed by atoms with E-state index in [1.807, 2.05) is 11.8 Å². The van der Waals surface area contributed by atoms with Crippen molar-refractivity contribution in [2.75, 3.05) is 6.26 Å². The second kappa shape index (κ2) is 6.10. The maximum absolute atomic E-state index is 5.37. The van der Waals surface area contributed by atoms with Gasteiger partial charge in [0.15, 0.2) is 5.11 Å². The van der Waals surface area contributed by atoms with Crippen LogP contribution in [-0.2, 0) is 0 Å². The van der Waals surface area contributed by atoms with Crippen LogP contribution in [0.4, 0.5) is 0 Å². The van der Waals surface area contributed by atoms with Crippen molar-refractivity contribution in [3.05, 3.63) is 0 Å². The summed E-state index contributed by atoms with van der Waals surface area (Å²) >= 11 is 7.37. The first-order valence-corrected chi connectivity index (χ1v) is 8.07. The fourth-order valence-electron chi connectivity index (χ4n) is 2.77. The van der Waals surface area contributed by atoms with E-state index in [1.54, 1.807) is 0 Å². The van der Waals surface area contributed by atoms with Crippen LogP contribution >= 0.6 is 24.0 Å². The number of thiocarbonyl (C=S) groups is 1. The second-order valence-corrected chi connectivity index (χ2v) is 6.51. The summed E-state index contributed by atoms with van der Waals surface area (Å²) in [5.74, 6) is 0. The molecule has 0 spiro atoms. The van der Waals surface area contributed by atoms with Crippen LogP contribution in [0.1, 0.15) is 44.9 Å². The fraction of sp³-hybridized carbons (Fsp3) is 0.917. The number of thioether (sulfide) groups is 1. The zero-order chi connectivity index (χ0) is 11.4. The van der Waals surface area contributed by atoms with Gasteiger partial charge in [-0.15, -0.1) is 0 Å². The van der Waals surface area contributed by atoms with E-state index in [1.165, 1.54) is 44.9 Å². The van der Waals surface area contributed by atoms with E-state index in [-0.39, 0.29) is 0 Å². The molecule has 4 heteroatoms. The molecule has 0 aromatic heterocycles. The molecular formula is C12H22N2S2. The topological polar surface area (TPSA) is 24.1 Å². The maximum Gasteiger partial charge on any atom is 0.166 e. The average Bonchev–Trinajstić information content (AvgIpc) is 2.89. The van der Waals surface area contributed by atoms with Gasteiger partial charge in [0.1, 0.15) is 0 Å². The van der Waals surface area contributed by atoms with Gasteiger partial charge in [0.2, 0.25) is 0 Å². The Morgan fingerprint density at radius 3 is 2.38 bits per heavy atom. The van der Waals surface area contributed by atoms with Gasteiger partial charge in [-0.1, -0.05) is 12.8 Å². The van der Waals surface area contributed by atoms with Crippen LogP contribution in [0, 0.1) is 0 Å². The zero-order valence-corrected chi connectivity index (χ0v) is 11.6. The third-order valence-electron chi connectivity index (χ3n) is 3.74. The summed E-state index contributed by atoms with van der Waals surface area (Å²) in [5.41, 5.74) is 0. The summed E-state index contributed by atoms with van der Waals surface area (Å²) < 4.78 is 0. The molecule has 16 heavy (non-hydrogen) atoms. The summed E-state index contributed by atoms with van der Waals surface area (Å²) in [6, 6.07) is 1.25. The quantitative estimate of drug-likeness (QED) is 0.760. The Morgan fingerprint density at radius 2 is 1.75 bits per heavy atom.